The first-order chi connectivity index (χ1) is 20.6. The monoisotopic (exact) mass is 571 g/mol. The molecular formula is C31H34FN7O3. The molecule has 0 spiro atoms. The summed E-state index contributed by atoms with van der Waals surface area (Å²) in [4.78, 5) is 22.8. The molecule has 0 aliphatic carbocycles. The number of ether oxygens (including phenoxy) is 2. The Morgan fingerprint density at radius 2 is 1.93 bits per heavy atom. The van der Waals surface area contributed by atoms with Crippen molar-refractivity contribution in [2.75, 3.05) is 56.7 Å². The maximum atomic E-state index is 14.7. The lowest BCUT2D eigenvalue weighted by Crippen LogP contribution is -2.38. The minimum atomic E-state index is -0.468. The van der Waals surface area contributed by atoms with E-state index in [1.807, 2.05) is 18.5 Å². The van der Waals surface area contributed by atoms with E-state index in [0.29, 0.717) is 23.9 Å². The summed E-state index contributed by atoms with van der Waals surface area (Å²) >= 11 is 0. The highest BCUT2D eigenvalue weighted by Gasteiger charge is 2.22. The normalized spacial score (nSPS) is 17.7. The van der Waals surface area contributed by atoms with E-state index in [2.05, 4.69) is 42.2 Å². The van der Waals surface area contributed by atoms with Crippen LogP contribution in [0.25, 0.3) is 22.5 Å². The number of aromatic nitrogens is 4. The van der Waals surface area contributed by atoms with E-state index in [0.717, 1.165) is 74.7 Å². The van der Waals surface area contributed by atoms with Gasteiger partial charge in [0.15, 0.2) is 5.82 Å². The SMILES string of the molecule is COc1cccc(F)c1-c1nccc(Nc2cc(N3CCC[C@H](O)C3)c(-c3ccc(CN4CCOCC4)nc3)cn2)n1. The van der Waals surface area contributed by atoms with Crippen molar-refractivity contribution in [1.82, 2.24) is 24.8 Å². The van der Waals surface area contributed by atoms with Crippen LogP contribution in [-0.4, -0.2) is 82.5 Å². The summed E-state index contributed by atoms with van der Waals surface area (Å²) in [6, 6.07) is 12.4. The summed E-state index contributed by atoms with van der Waals surface area (Å²) in [5.74, 6) is 1.11. The minimum Gasteiger partial charge on any atom is -0.496 e. The van der Waals surface area contributed by atoms with Crippen LogP contribution in [0.2, 0.25) is 0 Å². The van der Waals surface area contributed by atoms with Crippen molar-refractivity contribution in [1.29, 1.82) is 0 Å². The molecule has 2 saturated heterocycles. The number of piperidine rings is 1. The third-order valence-electron chi connectivity index (χ3n) is 7.57. The van der Waals surface area contributed by atoms with Crippen molar-refractivity contribution in [2.45, 2.75) is 25.5 Å². The van der Waals surface area contributed by atoms with Gasteiger partial charge in [-0.25, -0.2) is 19.3 Å². The van der Waals surface area contributed by atoms with Crippen LogP contribution in [0.15, 0.2) is 61.1 Å². The number of morpholine rings is 1. The van der Waals surface area contributed by atoms with Crippen LogP contribution in [-0.2, 0) is 11.3 Å². The zero-order valence-electron chi connectivity index (χ0n) is 23.5. The van der Waals surface area contributed by atoms with Gasteiger partial charge in [0.2, 0.25) is 0 Å². The number of benzene rings is 1. The fraction of sp³-hybridized carbons (Fsp3) is 0.355. The van der Waals surface area contributed by atoms with E-state index in [1.165, 1.54) is 13.2 Å². The number of β-amino-alcohol motifs (C(OH)–C–C–N with tert-alkyl or cyclic N) is 1. The Hall–Kier alpha value is -4.19. The molecule has 11 heteroatoms. The molecule has 3 aromatic heterocycles. The van der Waals surface area contributed by atoms with Gasteiger partial charge < -0.3 is 24.8 Å². The molecular weight excluding hydrogens is 537 g/mol. The number of pyridine rings is 2. The number of hydrogen-bond donors (Lipinski definition) is 2. The van der Waals surface area contributed by atoms with Gasteiger partial charge in [0.25, 0.3) is 0 Å². The average molecular weight is 572 g/mol. The number of aliphatic hydroxyl groups is 1. The number of rotatable bonds is 8. The lowest BCUT2D eigenvalue weighted by atomic mass is 10.0. The largest absolute Gasteiger partial charge is 0.496 e. The predicted octanol–water partition coefficient (Wildman–Crippen LogP) is 4.29. The molecule has 218 valence electrons. The molecule has 5 heterocycles. The van der Waals surface area contributed by atoms with Crippen LogP contribution in [0.5, 0.6) is 5.75 Å². The summed E-state index contributed by atoms with van der Waals surface area (Å²) in [5.41, 5.74) is 4.02. The Balaban J connectivity index is 1.28. The van der Waals surface area contributed by atoms with Gasteiger partial charge in [0.1, 0.15) is 23.2 Å². The molecule has 42 heavy (non-hydrogen) atoms. The van der Waals surface area contributed by atoms with E-state index >= 15 is 0 Å². The van der Waals surface area contributed by atoms with Crippen molar-refractivity contribution in [2.24, 2.45) is 0 Å². The van der Waals surface area contributed by atoms with Crippen LogP contribution in [0.3, 0.4) is 0 Å². The molecule has 1 atom stereocenters. The Labute approximate surface area is 244 Å². The van der Waals surface area contributed by atoms with Crippen LogP contribution < -0.4 is 15.0 Å². The first-order valence-corrected chi connectivity index (χ1v) is 14.2. The smallest absolute Gasteiger partial charge is 0.168 e. The van der Waals surface area contributed by atoms with Gasteiger partial charge >= 0.3 is 0 Å². The summed E-state index contributed by atoms with van der Waals surface area (Å²) in [6.45, 7) is 5.46. The first kappa shape index (κ1) is 28.0. The van der Waals surface area contributed by atoms with Gasteiger partial charge in [-0.15, -0.1) is 0 Å². The maximum Gasteiger partial charge on any atom is 0.168 e. The van der Waals surface area contributed by atoms with E-state index in [9.17, 15) is 9.50 Å². The average Bonchev–Trinajstić information content (AvgIpc) is 3.02. The summed E-state index contributed by atoms with van der Waals surface area (Å²) in [7, 11) is 1.48. The Morgan fingerprint density at radius 1 is 1.05 bits per heavy atom. The van der Waals surface area contributed by atoms with Crippen molar-refractivity contribution in [3.8, 4) is 28.3 Å². The Bertz CT molecular complexity index is 1520. The van der Waals surface area contributed by atoms with Crippen LogP contribution >= 0.6 is 0 Å². The Morgan fingerprint density at radius 3 is 2.71 bits per heavy atom. The van der Waals surface area contributed by atoms with Gasteiger partial charge in [-0.05, 0) is 37.1 Å². The summed E-state index contributed by atoms with van der Waals surface area (Å²) < 4.78 is 25.5. The van der Waals surface area contributed by atoms with Crippen LogP contribution in [0, 0.1) is 5.82 Å². The number of halogens is 1. The molecule has 6 rings (SSSR count). The molecule has 2 N–H and O–H groups in total. The van der Waals surface area contributed by atoms with Gasteiger partial charge in [0.05, 0.1) is 37.7 Å². The van der Waals surface area contributed by atoms with Crippen molar-refractivity contribution >= 4 is 17.3 Å². The van der Waals surface area contributed by atoms with E-state index in [4.69, 9.17) is 14.5 Å². The van der Waals surface area contributed by atoms with Crippen molar-refractivity contribution in [3.63, 3.8) is 0 Å². The highest BCUT2D eigenvalue weighted by atomic mass is 19.1. The van der Waals surface area contributed by atoms with Gasteiger partial charge in [-0.2, -0.15) is 0 Å². The number of anilines is 3. The van der Waals surface area contributed by atoms with Gasteiger partial charge in [-0.1, -0.05) is 12.1 Å². The number of nitrogens with zero attached hydrogens (tertiary/aromatic N) is 6. The standard InChI is InChI=1S/C31H34FN7O3/c1-41-27-6-2-5-25(32)30(27)31-33-10-9-28(37-31)36-29-16-26(39-11-3-4-23(40)20-39)24(18-35-29)21-7-8-22(34-17-21)19-38-12-14-42-15-13-38/h2,5-10,16-18,23,40H,3-4,11-15,19-20H2,1H3,(H,33,35,36,37)/t23-/m0/s1. The Kier molecular flexibility index (Phi) is 8.50. The highest BCUT2D eigenvalue weighted by Crippen LogP contribution is 2.35. The lowest BCUT2D eigenvalue weighted by molar-refractivity contribution is 0.0336. The summed E-state index contributed by atoms with van der Waals surface area (Å²) in [5, 5.41) is 13.7. The third kappa shape index (κ3) is 6.33. The second kappa shape index (κ2) is 12.8. The van der Waals surface area contributed by atoms with E-state index in [-0.39, 0.29) is 11.4 Å². The second-order valence-electron chi connectivity index (χ2n) is 10.5. The fourth-order valence-corrected chi connectivity index (χ4v) is 5.41. The zero-order chi connectivity index (χ0) is 28.9. The number of methoxy groups -OCH3 is 1. The number of nitrogens with one attached hydrogen (secondary N) is 1. The fourth-order valence-electron chi connectivity index (χ4n) is 5.41. The van der Waals surface area contributed by atoms with E-state index in [1.54, 1.807) is 24.4 Å². The van der Waals surface area contributed by atoms with Crippen LogP contribution in [0.4, 0.5) is 21.7 Å². The van der Waals surface area contributed by atoms with Crippen LogP contribution in [0.1, 0.15) is 18.5 Å². The lowest BCUT2D eigenvalue weighted by Gasteiger charge is -2.33. The molecule has 0 bridgehead atoms. The molecule has 0 unspecified atom stereocenters. The number of aliphatic hydroxyl groups excluding tert-OH is 1. The molecule has 2 aliphatic rings. The number of hydrogen-bond acceptors (Lipinski definition) is 10. The maximum absolute atomic E-state index is 14.7. The summed E-state index contributed by atoms with van der Waals surface area (Å²) in [6.07, 6.45) is 6.55. The highest BCUT2D eigenvalue weighted by molar-refractivity contribution is 5.80. The van der Waals surface area contributed by atoms with Gasteiger partial charge in [-0.3, -0.25) is 9.88 Å². The molecule has 4 aromatic rings. The molecule has 10 nitrogen and oxygen atoms in total. The third-order valence-corrected chi connectivity index (χ3v) is 7.57. The second-order valence-corrected chi connectivity index (χ2v) is 10.5. The molecule has 1 aromatic carbocycles. The minimum absolute atomic E-state index is 0.194. The first-order valence-electron chi connectivity index (χ1n) is 14.2. The molecule has 2 aliphatic heterocycles. The van der Waals surface area contributed by atoms with Gasteiger partial charge in [0, 0.05) is 74.2 Å². The van der Waals surface area contributed by atoms with Crippen molar-refractivity contribution in [3.05, 3.63) is 72.6 Å². The molecule has 0 saturated carbocycles. The topological polar surface area (TPSA) is 109 Å². The predicted molar refractivity (Wildman–Crippen MR) is 158 cm³/mol. The van der Waals surface area contributed by atoms with E-state index < -0.39 is 11.9 Å². The molecule has 2 fully saturated rings. The molecule has 0 radical (unpaired) electrons. The molecule has 0 amide bonds. The zero-order valence-corrected chi connectivity index (χ0v) is 23.5. The van der Waals surface area contributed by atoms with Crippen molar-refractivity contribution < 1.29 is 19.0 Å². The quantitative estimate of drug-likeness (QED) is 0.318.